The summed E-state index contributed by atoms with van der Waals surface area (Å²) in [5.41, 5.74) is 1.97. The number of aryl methyl sites for hydroxylation is 1. The van der Waals surface area contributed by atoms with Crippen molar-refractivity contribution in [2.24, 2.45) is 0 Å². The molecule has 1 aliphatic heterocycles. The average molecular weight is 346 g/mol. The van der Waals surface area contributed by atoms with Crippen LogP contribution in [0.1, 0.15) is 57.4 Å². The largest absolute Gasteiger partial charge is 0.378 e. The molecule has 0 unspecified atom stereocenters. The van der Waals surface area contributed by atoms with E-state index in [2.05, 4.69) is 17.6 Å². The van der Waals surface area contributed by atoms with Gasteiger partial charge in [-0.15, -0.1) is 0 Å². The maximum atomic E-state index is 11.9. The molecule has 1 atom stereocenters. The van der Waals surface area contributed by atoms with Gasteiger partial charge in [-0.2, -0.15) is 0 Å². The number of hydrogen-bond donors (Lipinski definition) is 2. The topological polar surface area (TPSA) is 67.4 Å². The van der Waals surface area contributed by atoms with E-state index in [0.717, 1.165) is 38.0 Å². The lowest BCUT2D eigenvalue weighted by Gasteiger charge is -2.09. The fraction of sp³-hybridized carbons (Fsp3) is 0.600. The highest BCUT2D eigenvalue weighted by Gasteiger charge is 2.14. The van der Waals surface area contributed by atoms with Crippen LogP contribution in [-0.4, -0.2) is 31.1 Å². The van der Waals surface area contributed by atoms with E-state index in [1.807, 2.05) is 24.3 Å². The molecular formula is C20H30N2O3. The molecule has 0 spiro atoms. The van der Waals surface area contributed by atoms with Crippen molar-refractivity contribution in [3.63, 3.8) is 0 Å². The minimum atomic E-state index is -0.123. The van der Waals surface area contributed by atoms with E-state index >= 15 is 0 Å². The Morgan fingerprint density at radius 3 is 2.80 bits per heavy atom. The Morgan fingerprint density at radius 2 is 2.04 bits per heavy atom. The predicted octanol–water partition coefficient (Wildman–Crippen LogP) is 3.43. The van der Waals surface area contributed by atoms with Crippen LogP contribution in [0.3, 0.4) is 0 Å². The molecule has 5 nitrogen and oxygen atoms in total. The van der Waals surface area contributed by atoms with Crippen LogP contribution in [0.5, 0.6) is 0 Å². The minimum Gasteiger partial charge on any atom is -0.378 e. The normalized spacial score (nSPS) is 16.6. The molecule has 1 aromatic carbocycles. The van der Waals surface area contributed by atoms with Crippen molar-refractivity contribution in [2.75, 3.05) is 18.5 Å². The van der Waals surface area contributed by atoms with Crippen LogP contribution in [0, 0.1) is 0 Å². The number of carbonyl (C=O) groups is 2. The van der Waals surface area contributed by atoms with Gasteiger partial charge in [-0.05, 0) is 56.2 Å². The Labute approximate surface area is 150 Å². The Hall–Kier alpha value is -1.88. The molecule has 1 saturated heterocycles. The van der Waals surface area contributed by atoms with Gasteiger partial charge in [-0.3, -0.25) is 9.59 Å². The van der Waals surface area contributed by atoms with E-state index in [0.29, 0.717) is 12.6 Å². The van der Waals surface area contributed by atoms with E-state index in [9.17, 15) is 9.59 Å². The van der Waals surface area contributed by atoms with E-state index in [-0.39, 0.29) is 24.7 Å². The number of carbonyl (C=O) groups excluding carboxylic acids is 2. The summed E-state index contributed by atoms with van der Waals surface area (Å²) in [4.78, 5) is 23.7. The van der Waals surface area contributed by atoms with E-state index in [4.69, 9.17) is 4.74 Å². The molecule has 0 aliphatic carbocycles. The van der Waals surface area contributed by atoms with E-state index in [1.165, 1.54) is 18.4 Å². The van der Waals surface area contributed by atoms with Crippen molar-refractivity contribution in [2.45, 2.75) is 64.4 Å². The van der Waals surface area contributed by atoms with Crippen LogP contribution >= 0.6 is 0 Å². The van der Waals surface area contributed by atoms with E-state index in [1.54, 1.807) is 0 Å². The summed E-state index contributed by atoms with van der Waals surface area (Å²) in [5.74, 6) is -0.184. The van der Waals surface area contributed by atoms with Gasteiger partial charge in [0, 0.05) is 31.7 Å². The van der Waals surface area contributed by atoms with Crippen LogP contribution in [0.4, 0.5) is 5.69 Å². The van der Waals surface area contributed by atoms with E-state index < -0.39 is 0 Å². The van der Waals surface area contributed by atoms with Gasteiger partial charge in [-0.25, -0.2) is 0 Å². The van der Waals surface area contributed by atoms with Gasteiger partial charge in [0.1, 0.15) is 0 Å². The van der Waals surface area contributed by atoms with Gasteiger partial charge >= 0.3 is 0 Å². The molecule has 1 aliphatic rings. The molecule has 2 rings (SSSR count). The zero-order valence-corrected chi connectivity index (χ0v) is 15.2. The second-order valence-corrected chi connectivity index (χ2v) is 6.58. The molecule has 2 N–H and O–H groups in total. The van der Waals surface area contributed by atoms with Crippen LogP contribution in [0.25, 0.3) is 0 Å². The molecule has 2 amide bonds. The van der Waals surface area contributed by atoms with Crippen molar-refractivity contribution >= 4 is 17.5 Å². The first-order chi connectivity index (χ1) is 12.2. The maximum Gasteiger partial charge on any atom is 0.224 e. The lowest BCUT2D eigenvalue weighted by molar-refractivity contribution is -0.124. The first-order valence-electron chi connectivity index (χ1n) is 9.44. The second-order valence-electron chi connectivity index (χ2n) is 6.58. The maximum absolute atomic E-state index is 11.9. The first kappa shape index (κ1) is 19.4. The van der Waals surface area contributed by atoms with Crippen molar-refractivity contribution in [1.82, 2.24) is 5.32 Å². The highest BCUT2D eigenvalue weighted by molar-refractivity contribution is 5.93. The molecule has 0 aromatic heterocycles. The van der Waals surface area contributed by atoms with Crippen molar-refractivity contribution in [3.8, 4) is 0 Å². The van der Waals surface area contributed by atoms with Gasteiger partial charge in [-0.1, -0.05) is 19.1 Å². The summed E-state index contributed by atoms with van der Waals surface area (Å²) in [6, 6.07) is 7.79. The molecule has 1 heterocycles. The Balaban J connectivity index is 1.53. The summed E-state index contributed by atoms with van der Waals surface area (Å²) in [6.07, 6.45) is 7.23. The van der Waals surface area contributed by atoms with Crippen LogP contribution < -0.4 is 10.6 Å². The molecule has 0 bridgehead atoms. The third kappa shape index (κ3) is 7.69. The van der Waals surface area contributed by atoms with Gasteiger partial charge in [0.2, 0.25) is 11.8 Å². The number of unbranched alkanes of at least 4 members (excludes halogenated alkanes) is 1. The molecular weight excluding hydrogens is 316 g/mol. The third-order valence-electron chi connectivity index (χ3n) is 4.50. The quantitative estimate of drug-likeness (QED) is 0.638. The lowest BCUT2D eigenvalue weighted by Crippen LogP contribution is -2.26. The fourth-order valence-corrected chi connectivity index (χ4v) is 3.00. The summed E-state index contributed by atoms with van der Waals surface area (Å²) in [5, 5.41) is 5.73. The number of nitrogens with one attached hydrogen (secondary N) is 2. The smallest absolute Gasteiger partial charge is 0.224 e. The molecule has 0 radical (unpaired) electrons. The Bertz CT molecular complexity index is 554. The number of anilines is 1. The van der Waals surface area contributed by atoms with Crippen molar-refractivity contribution in [1.29, 1.82) is 0 Å². The number of rotatable bonds is 10. The summed E-state index contributed by atoms with van der Waals surface area (Å²) < 4.78 is 5.58. The second kappa shape index (κ2) is 10.9. The molecule has 138 valence electrons. The molecule has 5 heteroatoms. The van der Waals surface area contributed by atoms with Crippen LogP contribution in [0.15, 0.2) is 24.3 Å². The number of ether oxygens (including phenoxy) is 1. The summed E-state index contributed by atoms with van der Waals surface area (Å²) in [6.45, 7) is 3.64. The van der Waals surface area contributed by atoms with Crippen molar-refractivity contribution in [3.05, 3.63) is 29.8 Å². The molecule has 1 fully saturated rings. The number of hydrogen-bond acceptors (Lipinski definition) is 3. The standard InChI is InChI=1S/C20H30N2O3/c1-2-16-7-5-8-17(15-16)22-20(24)12-11-19(23)21-13-4-3-9-18-10-6-14-25-18/h5,7-8,15,18H,2-4,6,9-14H2,1H3,(H,21,23)(H,22,24)/t18-/m1/s1. The molecule has 0 saturated carbocycles. The summed E-state index contributed by atoms with van der Waals surface area (Å²) >= 11 is 0. The Kier molecular flexibility index (Phi) is 8.46. The number of amides is 2. The van der Waals surface area contributed by atoms with Gasteiger partial charge in [0.25, 0.3) is 0 Å². The van der Waals surface area contributed by atoms with Gasteiger partial charge < -0.3 is 15.4 Å². The number of benzene rings is 1. The first-order valence-corrected chi connectivity index (χ1v) is 9.44. The molecule has 25 heavy (non-hydrogen) atoms. The van der Waals surface area contributed by atoms with Crippen molar-refractivity contribution < 1.29 is 14.3 Å². The minimum absolute atomic E-state index is 0.0606. The fourth-order valence-electron chi connectivity index (χ4n) is 3.00. The van der Waals surface area contributed by atoms with Gasteiger partial charge in [0.15, 0.2) is 0 Å². The average Bonchev–Trinajstić information content (AvgIpc) is 3.13. The monoisotopic (exact) mass is 346 g/mol. The highest BCUT2D eigenvalue weighted by Crippen LogP contribution is 2.17. The lowest BCUT2D eigenvalue weighted by atomic mass is 10.1. The van der Waals surface area contributed by atoms with Crippen LogP contribution in [0.2, 0.25) is 0 Å². The SMILES string of the molecule is CCc1cccc(NC(=O)CCC(=O)NCCCC[C@@H]2CCCO2)c1. The van der Waals surface area contributed by atoms with Crippen LogP contribution in [-0.2, 0) is 20.7 Å². The predicted molar refractivity (Wildman–Crippen MR) is 99.5 cm³/mol. The summed E-state index contributed by atoms with van der Waals surface area (Å²) in [7, 11) is 0. The third-order valence-corrected chi connectivity index (χ3v) is 4.50. The zero-order chi connectivity index (χ0) is 17.9. The van der Waals surface area contributed by atoms with Gasteiger partial charge in [0.05, 0.1) is 6.10 Å². The molecule has 1 aromatic rings. The highest BCUT2D eigenvalue weighted by atomic mass is 16.5. The Morgan fingerprint density at radius 1 is 1.20 bits per heavy atom. The zero-order valence-electron chi connectivity index (χ0n) is 15.2.